The van der Waals surface area contributed by atoms with E-state index in [0.29, 0.717) is 23.9 Å². The monoisotopic (exact) mass is 467 g/mol. The Morgan fingerprint density at radius 2 is 1.94 bits per heavy atom. The van der Waals surface area contributed by atoms with Gasteiger partial charge in [-0.3, -0.25) is 19.7 Å². The van der Waals surface area contributed by atoms with Gasteiger partial charge in [0.05, 0.1) is 17.7 Å². The molecule has 0 unspecified atom stereocenters. The molecule has 4 rings (SSSR count). The number of hydrogen-bond donors (Lipinski definition) is 2. The quantitative estimate of drug-likeness (QED) is 0.385. The first-order chi connectivity index (χ1) is 16.0. The van der Waals surface area contributed by atoms with E-state index in [1.807, 2.05) is 24.3 Å². The second-order valence-corrected chi connectivity index (χ2v) is 8.26. The lowest BCUT2D eigenvalue weighted by molar-refractivity contribution is -0.385. The predicted octanol–water partition coefficient (Wildman–Crippen LogP) is 3.12. The lowest BCUT2D eigenvalue weighted by Crippen LogP contribution is -2.29. The highest BCUT2D eigenvalue weighted by molar-refractivity contribution is 7.98. The zero-order valence-electron chi connectivity index (χ0n) is 17.7. The van der Waals surface area contributed by atoms with Crippen molar-refractivity contribution in [3.05, 3.63) is 81.0 Å². The third-order valence-corrected chi connectivity index (χ3v) is 6.11. The maximum atomic E-state index is 12.9. The van der Waals surface area contributed by atoms with E-state index >= 15 is 0 Å². The van der Waals surface area contributed by atoms with Crippen LogP contribution in [0.15, 0.2) is 48.5 Å². The number of para-hydroxylation sites is 1. The minimum absolute atomic E-state index is 0.0568. The Morgan fingerprint density at radius 1 is 1.18 bits per heavy atom. The molecule has 0 saturated heterocycles. The normalized spacial score (nSPS) is 12.2. The molecule has 0 fully saturated rings. The summed E-state index contributed by atoms with van der Waals surface area (Å²) < 4.78 is 6.57. The number of nitrogens with zero attached hydrogens (tertiary/aromatic N) is 3. The molecule has 33 heavy (non-hydrogen) atoms. The van der Waals surface area contributed by atoms with Gasteiger partial charge in [0.1, 0.15) is 23.7 Å². The summed E-state index contributed by atoms with van der Waals surface area (Å²) in [5.41, 5.74) is 2.19. The van der Waals surface area contributed by atoms with E-state index in [4.69, 9.17) is 4.74 Å². The molecule has 2 heterocycles. The summed E-state index contributed by atoms with van der Waals surface area (Å²) in [5.74, 6) is 1.52. The van der Waals surface area contributed by atoms with Gasteiger partial charge in [0, 0.05) is 29.7 Å². The first-order valence-corrected chi connectivity index (χ1v) is 11.2. The zero-order chi connectivity index (χ0) is 23.4. The molecule has 3 aromatic rings. The minimum atomic E-state index is -0.623. The molecule has 10 nitrogen and oxygen atoms in total. The number of aromatic nitrogens is 2. The Bertz CT molecular complexity index is 1210. The van der Waals surface area contributed by atoms with Crippen LogP contribution in [0, 0.1) is 10.1 Å². The van der Waals surface area contributed by atoms with E-state index in [1.54, 1.807) is 24.9 Å². The number of anilines is 1. The number of fused-ring (bicyclic) bond motifs is 1. The van der Waals surface area contributed by atoms with Crippen molar-refractivity contribution in [2.24, 2.45) is 0 Å². The van der Waals surface area contributed by atoms with E-state index in [-0.39, 0.29) is 23.7 Å². The molecule has 1 aromatic heterocycles. The van der Waals surface area contributed by atoms with Gasteiger partial charge in [0.25, 0.3) is 11.6 Å². The maximum absolute atomic E-state index is 12.9. The molecule has 2 N–H and O–H groups in total. The van der Waals surface area contributed by atoms with Crippen LogP contribution < -0.4 is 15.4 Å². The van der Waals surface area contributed by atoms with Crippen molar-refractivity contribution in [2.75, 3.05) is 12.4 Å². The van der Waals surface area contributed by atoms with Crippen LogP contribution >= 0.6 is 11.8 Å². The number of methoxy groups -OCH3 is 1. The summed E-state index contributed by atoms with van der Waals surface area (Å²) in [4.78, 5) is 36.1. The number of carbonyl (C=O) groups is 2. The average Bonchev–Trinajstić information content (AvgIpc) is 3.40. The van der Waals surface area contributed by atoms with Crippen molar-refractivity contribution in [1.29, 1.82) is 0 Å². The van der Waals surface area contributed by atoms with E-state index in [1.165, 1.54) is 22.9 Å². The maximum Gasteiger partial charge on any atom is 0.282 e. The van der Waals surface area contributed by atoms with Gasteiger partial charge in [-0.05, 0) is 23.8 Å². The first-order valence-electron chi connectivity index (χ1n) is 10.1. The molecule has 11 heteroatoms. The van der Waals surface area contributed by atoms with Crippen LogP contribution in [-0.4, -0.2) is 33.6 Å². The number of thioether (sulfide) groups is 1. The third kappa shape index (κ3) is 4.98. The number of nitro groups is 1. The highest BCUT2D eigenvalue weighted by atomic mass is 32.2. The fraction of sp³-hybridized carbons (Fsp3) is 0.227. The smallest absolute Gasteiger partial charge is 0.282 e. The number of nitrogens with one attached hydrogen (secondary N) is 2. The van der Waals surface area contributed by atoms with Crippen LogP contribution in [0.25, 0.3) is 0 Å². The molecular weight excluding hydrogens is 446 g/mol. The predicted molar refractivity (Wildman–Crippen MR) is 123 cm³/mol. The number of benzene rings is 2. The lowest BCUT2D eigenvalue weighted by atomic mass is 10.1. The Hall–Kier alpha value is -3.86. The van der Waals surface area contributed by atoms with Crippen LogP contribution in [0.2, 0.25) is 0 Å². The number of rotatable bonds is 8. The van der Waals surface area contributed by atoms with Crippen LogP contribution in [0.4, 0.5) is 11.5 Å². The third-order valence-electron chi connectivity index (χ3n) is 5.14. The first kappa shape index (κ1) is 22.3. The SMILES string of the molecule is COc1ccc(CNC(=O)Cn2nc3c(c2NC(=O)c2ccccc2[N+](=O)[O-])CSC3)cc1. The second-order valence-electron chi connectivity index (χ2n) is 7.28. The van der Waals surface area contributed by atoms with Crippen LogP contribution in [0.1, 0.15) is 27.2 Å². The standard InChI is InChI=1S/C22H21N5O5S/c1-32-15-8-6-14(7-9-15)10-23-20(28)11-26-21(17-12-33-13-18(17)25-26)24-22(29)16-4-2-3-5-19(16)27(30)31/h2-9H,10-13H2,1H3,(H,23,28)(H,24,29). The molecule has 0 saturated carbocycles. The van der Waals surface area contributed by atoms with E-state index in [0.717, 1.165) is 22.6 Å². The molecule has 1 aliphatic heterocycles. The zero-order valence-corrected chi connectivity index (χ0v) is 18.6. The number of carbonyl (C=O) groups excluding carboxylic acids is 2. The summed E-state index contributed by atoms with van der Waals surface area (Å²) in [7, 11) is 1.59. The molecule has 2 aromatic carbocycles. The van der Waals surface area contributed by atoms with Gasteiger partial charge < -0.3 is 15.4 Å². The largest absolute Gasteiger partial charge is 0.497 e. The van der Waals surface area contributed by atoms with Gasteiger partial charge >= 0.3 is 0 Å². The van der Waals surface area contributed by atoms with Crippen LogP contribution in [0.3, 0.4) is 0 Å². The van der Waals surface area contributed by atoms with Crippen LogP contribution in [0.5, 0.6) is 5.75 Å². The summed E-state index contributed by atoms with van der Waals surface area (Å²) >= 11 is 1.65. The lowest BCUT2D eigenvalue weighted by Gasteiger charge is -2.12. The van der Waals surface area contributed by atoms with E-state index in [9.17, 15) is 19.7 Å². The molecule has 170 valence electrons. The van der Waals surface area contributed by atoms with Crippen LogP contribution in [-0.2, 0) is 29.4 Å². The molecule has 0 atom stereocenters. The Kier molecular flexibility index (Phi) is 6.59. The molecule has 0 spiro atoms. The molecule has 0 radical (unpaired) electrons. The van der Waals surface area contributed by atoms with E-state index in [2.05, 4.69) is 15.7 Å². The van der Waals surface area contributed by atoms with Gasteiger partial charge in [0.15, 0.2) is 0 Å². The molecule has 0 aliphatic carbocycles. The van der Waals surface area contributed by atoms with Gasteiger partial charge in [-0.1, -0.05) is 24.3 Å². The number of nitro benzene ring substituents is 1. The Labute approximate surface area is 193 Å². The average molecular weight is 468 g/mol. The minimum Gasteiger partial charge on any atom is -0.497 e. The summed E-state index contributed by atoms with van der Waals surface area (Å²) in [6, 6.07) is 13.1. The fourth-order valence-electron chi connectivity index (χ4n) is 3.46. The van der Waals surface area contributed by atoms with Gasteiger partial charge in [-0.25, -0.2) is 4.68 Å². The number of hydrogen-bond acceptors (Lipinski definition) is 7. The van der Waals surface area contributed by atoms with Crippen molar-refractivity contribution in [3.63, 3.8) is 0 Å². The second kappa shape index (κ2) is 9.74. The molecular formula is C22H21N5O5S. The van der Waals surface area contributed by atoms with Crippen molar-refractivity contribution in [3.8, 4) is 5.75 Å². The summed E-state index contributed by atoms with van der Waals surface area (Å²) in [6.07, 6.45) is 0. The van der Waals surface area contributed by atoms with Crippen molar-refractivity contribution >= 4 is 35.1 Å². The summed E-state index contributed by atoms with van der Waals surface area (Å²) in [6.45, 7) is 0.234. The highest BCUT2D eigenvalue weighted by Crippen LogP contribution is 2.35. The Morgan fingerprint density at radius 3 is 2.67 bits per heavy atom. The highest BCUT2D eigenvalue weighted by Gasteiger charge is 2.27. The molecule has 2 amide bonds. The van der Waals surface area contributed by atoms with Gasteiger partial charge in [0.2, 0.25) is 5.91 Å². The molecule has 1 aliphatic rings. The Balaban J connectivity index is 1.49. The van der Waals surface area contributed by atoms with Crippen molar-refractivity contribution in [1.82, 2.24) is 15.1 Å². The number of amides is 2. The number of ether oxygens (including phenoxy) is 1. The van der Waals surface area contributed by atoms with Gasteiger partial charge in [-0.15, -0.1) is 0 Å². The van der Waals surface area contributed by atoms with Gasteiger partial charge in [-0.2, -0.15) is 16.9 Å². The van der Waals surface area contributed by atoms with Crippen molar-refractivity contribution < 1.29 is 19.2 Å². The molecule has 0 bridgehead atoms. The fourth-order valence-corrected chi connectivity index (χ4v) is 4.49. The van der Waals surface area contributed by atoms with Crippen molar-refractivity contribution in [2.45, 2.75) is 24.6 Å². The van der Waals surface area contributed by atoms with E-state index < -0.39 is 10.8 Å². The topological polar surface area (TPSA) is 128 Å². The summed E-state index contributed by atoms with van der Waals surface area (Å²) in [5, 5.41) is 21.4.